The molecular formula is C10H12N6O. The molecule has 7 nitrogen and oxygen atoms in total. The average Bonchev–Trinajstić information content (AvgIpc) is 2.75. The number of hydrogen-bond acceptors (Lipinski definition) is 5. The van der Waals surface area contributed by atoms with Gasteiger partial charge in [0.25, 0.3) is 5.91 Å². The van der Waals surface area contributed by atoms with Crippen molar-refractivity contribution in [2.75, 3.05) is 5.32 Å². The summed E-state index contributed by atoms with van der Waals surface area (Å²) in [5.41, 5.74) is 6.63. The Kier molecular flexibility index (Phi) is 3.10. The van der Waals surface area contributed by atoms with Gasteiger partial charge in [0, 0.05) is 19.8 Å². The van der Waals surface area contributed by atoms with E-state index in [-0.39, 0.29) is 5.91 Å². The third kappa shape index (κ3) is 2.45. The first-order valence-corrected chi connectivity index (χ1v) is 5.01. The molecule has 2 rings (SSSR count). The van der Waals surface area contributed by atoms with Crippen LogP contribution in [0.3, 0.4) is 0 Å². The smallest absolute Gasteiger partial charge is 0.276 e. The zero-order valence-corrected chi connectivity index (χ0v) is 9.29. The molecule has 2 aromatic heterocycles. The summed E-state index contributed by atoms with van der Waals surface area (Å²) in [6, 6.07) is 3.38. The Morgan fingerprint density at radius 3 is 2.82 bits per heavy atom. The highest BCUT2D eigenvalue weighted by atomic mass is 16.2. The van der Waals surface area contributed by atoms with Crippen LogP contribution in [-0.4, -0.2) is 25.7 Å². The lowest BCUT2D eigenvalue weighted by Gasteiger charge is -2.03. The molecule has 88 valence electrons. The number of aromatic nitrogens is 4. The van der Waals surface area contributed by atoms with E-state index in [1.165, 1.54) is 11.0 Å². The van der Waals surface area contributed by atoms with Gasteiger partial charge in [0.05, 0.1) is 0 Å². The van der Waals surface area contributed by atoms with E-state index < -0.39 is 0 Å². The Hall–Kier alpha value is -2.28. The van der Waals surface area contributed by atoms with Gasteiger partial charge in [-0.25, -0.2) is 4.68 Å². The molecule has 0 bridgehead atoms. The highest BCUT2D eigenvalue weighted by Crippen LogP contribution is 2.04. The third-order valence-electron chi connectivity index (χ3n) is 2.23. The highest BCUT2D eigenvalue weighted by Gasteiger charge is 2.10. The molecule has 0 radical (unpaired) electrons. The number of nitrogens with zero attached hydrogens (tertiary/aromatic N) is 4. The van der Waals surface area contributed by atoms with Crippen molar-refractivity contribution in [3.63, 3.8) is 0 Å². The Balaban J connectivity index is 2.12. The average molecular weight is 232 g/mol. The lowest BCUT2D eigenvalue weighted by Crippen LogP contribution is -2.16. The van der Waals surface area contributed by atoms with Crippen molar-refractivity contribution in [3.05, 3.63) is 35.9 Å². The number of pyridine rings is 1. The predicted octanol–water partition coefficient (Wildman–Crippen LogP) is -0.0789. The Morgan fingerprint density at radius 2 is 2.29 bits per heavy atom. The maximum Gasteiger partial charge on any atom is 0.276 e. The van der Waals surface area contributed by atoms with E-state index >= 15 is 0 Å². The minimum Gasteiger partial charge on any atom is -0.326 e. The Labute approximate surface area is 97.7 Å². The van der Waals surface area contributed by atoms with Crippen LogP contribution in [0.1, 0.15) is 16.1 Å². The van der Waals surface area contributed by atoms with Crippen molar-refractivity contribution in [2.24, 2.45) is 12.8 Å². The fourth-order valence-corrected chi connectivity index (χ4v) is 1.25. The molecule has 0 atom stereocenters. The maximum absolute atomic E-state index is 11.8. The van der Waals surface area contributed by atoms with Crippen LogP contribution >= 0.6 is 0 Å². The molecule has 0 aromatic carbocycles. The normalized spacial score (nSPS) is 10.2. The lowest BCUT2D eigenvalue weighted by atomic mass is 10.2. The number of rotatable bonds is 3. The minimum absolute atomic E-state index is 0.310. The van der Waals surface area contributed by atoms with Gasteiger partial charge in [-0.05, 0) is 11.6 Å². The van der Waals surface area contributed by atoms with Crippen LogP contribution in [0.25, 0.3) is 0 Å². The van der Waals surface area contributed by atoms with E-state index in [9.17, 15) is 4.79 Å². The Bertz CT molecular complexity index is 518. The van der Waals surface area contributed by atoms with Crippen LogP contribution in [0.4, 0.5) is 5.95 Å². The fourth-order valence-electron chi connectivity index (χ4n) is 1.25. The summed E-state index contributed by atoms with van der Waals surface area (Å²) in [5, 5.41) is 6.45. The van der Waals surface area contributed by atoms with Crippen molar-refractivity contribution in [1.29, 1.82) is 0 Å². The third-order valence-corrected chi connectivity index (χ3v) is 2.23. The summed E-state index contributed by atoms with van der Waals surface area (Å²) >= 11 is 0. The molecule has 0 fully saturated rings. The maximum atomic E-state index is 11.8. The molecule has 17 heavy (non-hydrogen) atoms. The molecule has 0 saturated heterocycles. The topological polar surface area (TPSA) is 98.7 Å². The van der Waals surface area contributed by atoms with E-state index in [1.807, 2.05) is 0 Å². The van der Waals surface area contributed by atoms with E-state index in [1.54, 1.807) is 25.4 Å². The minimum atomic E-state index is -0.329. The van der Waals surface area contributed by atoms with Crippen LogP contribution in [0.15, 0.2) is 24.7 Å². The quantitative estimate of drug-likeness (QED) is 0.771. The molecule has 2 aromatic rings. The van der Waals surface area contributed by atoms with Crippen molar-refractivity contribution in [3.8, 4) is 0 Å². The molecule has 0 aliphatic carbocycles. The molecule has 0 unspecified atom stereocenters. The molecule has 1 amide bonds. The second kappa shape index (κ2) is 4.71. The number of carbonyl (C=O) groups excluding carboxylic acids is 1. The van der Waals surface area contributed by atoms with Gasteiger partial charge in [-0.1, -0.05) is 6.07 Å². The zero-order chi connectivity index (χ0) is 12.3. The number of hydrogen-bond donors (Lipinski definition) is 2. The van der Waals surface area contributed by atoms with E-state index in [0.717, 1.165) is 5.56 Å². The van der Waals surface area contributed by atoms with Gasteiger partial charge in [-0.15, -0.1) is 0 Å². The number of nitrogens with two attached hydrogens (primary N) is 1. The van der Waals surface area contributed by atoms with Gasteiger partial charge >= 0.3 is 0 Å². The number of carbonyl (C=O) groups is 1. The second-order valence-corrected chi connectivity index (χ2v) is 3.42. The van der Waals surface area contributed by atoms with Crippen LogP contribution in [0.2, 0.25) is 0 Å². The largest absolute Gasteiger partial charge is 0.326 e. The standard InChI is InChI=1S/C10H12N6O/c1-16-10(13-6-14-16)15-9(17)8-3-2-7(4-11)5-12-8/h2-3,5-6H,4,11H2,1H3,(H,13,14,15,17). The summed E-state index contributed by atoms with van der Waals surface area (Å²) in [4.78, 5) is 19.7. The van der Waals surface area contributed by atoms with Crippen LogP contribution in [0.5, 0.6) is 0 Å². The highest BCUT2D eigenvalue weighted by molar-refractivity contribution is 6.01. The monoisotopic (exact) mass is 232 g/mol. The van der Waals surface area contributed by atoms with Gasteiger partial charge in [-0.3, -0.25) is 15.1 Å². The first-order chi connectivity index (χ1) is 8.20. The van der Waals surface area contributed by atoms with Gasteiger partial charge in [0.2, 0.25) is 5.95 Å². The van der Waals surface area contributed by atoms with Crippen molar-refractivity contribution in [1.82, 2.24) is 19.7 Å². The van der Waals surface area contributed by atoms with Crippen molar-refractivity contribution in [2.45, 2.75) is 6.54 Å². The molecular weight excluding hydrogens is 220 g/mol. The number of anilines is 1. The molecule has 7 heteroatoms. The van der Waals surface area contributed by atoms with Gasteiger partial charge in [0.15, 0.2) is 0 Å². The molecule has 0 saturated carbocycles. The summed E-state index contributed by atoms with van der Waals surface area (Å²) in [5.74, 6) is 0.0457. The van der Waals surface area contributed by atoms with Crippen LogP contribution in [-0.2, 0) is 13.6 Å². The second-order valence-electron chi connectivity index (χ2n) is 3.42. The molecule has 3 N–H and O–H groups in total. The summed E-state index contributed by atoms with van der Waals surface area (Å²) in [6.45, 7) is 0.401. The van der Waals surface area contributed by atoms with E-state index in [0.29, 0.717) is 18.2 Å². The van der Waals surface area contributed by atoms with Gasteiger partial charge in [0.1, 0.15) is 12.0 Å². The summed E-state index contributed by atoms with van der Waals surface area (Å²) in [6.07, 6.45) is 2.94. The predicted molar refractivity (Wildman–Crippen MR) is 61.1 cm³/mol. The summed E-state index contributed by atoms with van der Waals surface area (Å²) < 4.78 is 1.46. The van der Waals surface area contributed by atoms with Crippen LogP contribution in [0, 0.1) is 0 Å². The molecule has 0 spiro atoms. The van der Waals surface area contributed by atoms with E-state index in [4.69, 9.17) is 5.73 Å². The first kappa shape index (κ1) is 11.2. The van der Waals surface area contributed by atoms with Crippen molar-refractivity contribution < 1.29 is 4.79 Å². The lowest BCUT2D eigenvalue weighted by molar-refractivity contribution is 0.102. The van der Waals surface area contributed by atoms with E-state index in [2.05, 4.69) is 20.4 Å². The first-order valence-electron chi connectivity index (χ1n) is 5.01. The summed E-state index contributed by atoms with van der Waals surface area (Å²) in [7, 11) is 1.69. The zero-order valence-electron chi connectivity index (χ0n) is 9.29. The number of aryl methyl sites for hydroxylation is 1. The van der Waals surface area contributed by atoms with Crippen molar-refractivity contribution >= 4 is 11.9 Å². The van der Waals surface area contributed by atoms with Crippen LogP contribution < -0.4 is 11.1 Å². The van der Waals surface area contributed by atoms with Gasteiger partial charge < -0.3 is 5.73 Å². The fraction of sp³-hybridized carbons (Fsp3) is 0.200. The number of amides is 1. The molecule has 0 aliphatic rings. The molecule has 0 aliphatic heterocycles. The van der Waals surface area contributed by atoms with Gasteiger partial charge in [-0.2, -0.15) is 10.1 Å². The molecule has 2 heterocycles. The number of nitrogens with one attached hydrogen (secondary N) is 1. The SMILES string of the molecule is Cn1ncnc1NC(=O)c1ccc(CN)cn1. The Morgan fingerprint density at radius 1 is 1.47 bits per heavy atom.